The second kappa shape index (κ2) is 14.1. The number of fused-ring (bicyclic) bond motifs is 3. The van der Waals surface area contributed by atoms with E-state index < -0.39 is 39.6 Å². The van der Waals surface area contributed by atoms with Crippen molar-refractivity contribution in [3.8, 4) is 0 Å². The first-order chi connectivity index (χ1) is 24.1. The average molecular weight is 731 g/mol. The molecule has 2 atom stereocenters. The van der Waals surface area contributed by atoms with Gasteiger partial charge in [-0.15, -0.1) is 0 Å². The Kier molecular flexibility index (Phi) is 10.2. The van der Waals surface area contributed by atoms with E-state index in [-0.39, 0.29) is 55.5 Å². The first-order valence-electron chi connectivity index (χ1n) is 16.9. The minimum atomic E-state index is -4.38. The smallest absolute Gasteiger partial charge is 0.341 e. The number of methoxy groups -OCH3 is 1. The minimum Gasteiger partial charge on any atom is -0.422 e. The van der Waals surface area contributed by atoms with E-state index in [0.717, 1.165) is 57.8 Å². The number of aryl methyl sites for hydroxylation is 2. The minimum absolute atomic E-state index is 0.00967. The molecule has 0 unspecified atom stereocenters. The Balaban J connectivity index is 1.27. The number of rotatable bonds is 8. The Morgan fingerprint density at radius 3 is 2.47 bits per heavy atom. The molecule has 0 aliphatic carbocycles. The number of amides is 2. The molecular weight excluding hydrogens is 686 g/mol. The normalized spacial score (nSPS) is 20.2. The number of nitrogens with one attached hydrogen (secondary N) is 1. The number of carbonyl (C=O) groups excluding carboxylic acids is 2. The van der Waals surface area contributed by atoms with Crippen LogP contribution in [0, 0.1) is 19.7 Å². The summed E-state index contributed by atoms with van der Waals surface area (Å²) in [5.74, 6) is -2.85. The van der Waals surface area contributed by atoms with E-state index in [2.05, 4.69) is 22.9 Å². The van der Waals surface area contributed by atoms with Crippen molar-refractivity contribution in [2.45, 2.75) is 45.4 Å². The summed E-state index contributed by atoms with van der Waals surface area (Å²) in [7, 11) is 2.52. The fraction of sp³-hybridized carbons (Fsp3) is 0.514. The molecule has 2 saturated heterocycles. The van der Waals surface area contributed by atoms with Crippen LogP contribution in [0.2, 0.25) is 0 Å². The largest absolute Gasteiger partial charge is 0.422 e. The number of hydrogen-bond donors (Lipinski definition) is 1. The lowest BCUT2D eigenvalue weighted by Crippen LogP contribution is -2.53. The highest BCUT2D eigenvalue weighted by molar-refractivity contribution is 7.87. The number of piperazine rings is 1. The third-order valence-corrected chi connectivity index (χ3v) is 11.7. The Hall–Kier alpha value is -4.12. The Labute approximate surface area is 295 Å². The van der Waals surface area contributed by atoms with Gasteiger partial charge in [-0.3, -0.25) is 14.5 Å². The summed E-state index contributed by atoms with van der Waals surface area (Å²) in [6.07, 6.45) is -0.994. The van der Waals surface area contributed by atoms with Gasteiger partial charge in [0.2, 0.25) is 0 Å². The summed E-state index contributed by atoms with van der Waals surface area (Å²) < 4.78 is 68.9. The van der Waals surface area contributed by atoms with Gasteiger partial charge in [0.05, 0.1) is 41.6 Å². The SMILES string of the molecule is COC[C@H]1CN(c2cc(C)c3c4c(c(=O)oc3c2C)CN(C(=O)c2cc(N(C)C)c(C(=O)NS(=O)(=O)N3CC[C@@H](F)C3)cc2F)CC4)CCN1C. The van der Waals surface area contributed by atoms with E-state index in [9.17, 15) is 27.2 Å². The van der Waals surface area contributed by atoms with Crippen molar-refractivity contribution in [2.24, 2.45) is 0 Å². The number of benzene rings is 2. The molecule has 0 radical (unpaired) electrons. The third-order valence-electron chi connectivity index (χ3n) is 10.2. The number of carbonyl (C=O) groups is 2. The first-order valence-corrected chi connectivity index (χ1v) is 18.3. The van der Waals surface area contributed by atoms with E-state index >= 15 is 4.39 Å². The fourth-order valence-electron chi connectivity index (χ4n) is 7.38. The predicted molar refractivity (Wildman–Crippen MR) is 189 cm³/mol. The monoisotopic (exact) mass is 730 g/mol. The summed E-state index contributed by atoms with van der Waals surface area (Å²) in [6.45, 7) is 6.58. The van der Waals surface area contributed by atoms with Gasteiger partial charge in [0.1, 0.15) is 17.6 Å². The molecule has 1 N–H and O–H groups in total. The Morgan fingerprint density at radius 1 is 1.06 bits per heavy atom. The summed E-state index contributed by atoms with van der Waals surface area (Å²) in [4.78, 5) is 47.8. The van der Waals surface area contributed by atoms with Crippen LogP contribution in [0.1, 0.15) is 49.4 Å². The summed E-state index contributed by atoms with van der Waals surface area (Å²) in [5.41, 5.74) is 3.30. The molecule has 276 valence electrons. The molecule has 3 aliphatic heterocycles. The van der Waals surface area contributed by atoms with Gasteiger partial charge in [-0.05, 0) is 63.1 Å². The zero-order valence-corrected chi connectivity index (χ0v) is 30.5. The fourth-order valence-corrected chi connectivity index (χ4v) is 8.56. The maximum absolute atomic E-state index is 15.7. The van der Waals surface area contributed by atoms with Gasteiger partial charge in [-0.25, -0.2) is 18.3 Å². The molecule has 0 saturated carbocycles. The van der Waals surface area contributed by atoms with Crippen LogP contribution in [0.3, 0.4) is 0 Å². The number of alkyl halides is 1. The van der Waals surface area contributed by atoms with Gasteiger partial charge >= 0.3 is 15.8 Å². The van der Waals surface area contributed by atoms with Crippen molar-refractivity contribution in [3.05, 3.63) is 67.8 Å². The summed E-state index contributed by atoms with van der Waals surface area (Å²) in [6, 6.07) is 4.34. The maximum Gasteiger partial charge on any atom is 0.341 e. The average Bonchev–Trinajstić information content (AvgIpc) is 3.54. The van der Waals surface area contributed by atoms with Crippen LogP contribution < -0.4 is 20.1 Å². The Bertz CT molecular complexity index is 2060. The number of ether oxygens (including phenoxy) is 1. The zero-order valence-electron chi connectivity index (χ0n) is 29.7. The number of halogens is 2. The standard InChI is InChI=1S/C35H44F2N6O7S/c1-20-13-29(41-12-11-40(5)23(17-41)19-49-6)21(2)32-31(20)24-8-9-42(18-27(24)35(46)50-32)34(45)25-15-30(39(3)4)26(14-28(25)37)33(44)38-51(47,48)43-10-7-22(36)16-43/h13-15,22-23H,7-12,16-19H2,1-6H3,(H,38,44)/t22-,23-/m1/s1. The van der Waals surface area contributed by atoms with E-state index in [0.29, 0.717) is 24.2 Å². The topological polar surface area (TPSA) is 136 Å². The van der Waals surface area contributed by atoms with Crippen LogP contribution in [0.15, 0.2) is 27.4 Å². The second-order valence-corrected chi connectivity index (χ2v) is 15.5. The molecule has 0 spiro atoms. The molecule has 3 aliphatic rings. The van der Waals surface area contributed by atoms with Gasteiger partial charge in [-0.2, -0.15) is 12.7 Å². The molecule has 13 nitrogen and oxygen atoms in total. The summed E-state index contributed by atoms with van der Waals surface area (Å²) in [5, 5.41) is 0.836. The first kappa shape index (κ1) is 36.7. The molecule has 16 heteroatoms. The molecule has 6 rings (SSSR count). The van der Waals surface area contributed by atoms with Crippen LogP contribution in [0.5, 0.6) is 0 Å². The van der Waals surface area contributed by atoms with Crippen molar-refractivity contribution in [1.82, 2.24) is 18.8 Å². The maximum atomic E-state index is 15.7. The highest BCUT2D eigenvalue weighted by atomic mass is 32.2. The van der Waals surface area contributed by atoms with Crippen LogP contribution >= 0.6 is 0 Å². The molecule has 4 heterocycles. The second-order valence-electron chi connectivity index (χ2n) is 13.8. The van der Waals surface area contributed by atoms with Crippen molar-refractivity contribution in [1.29, 1.82) is 0 Å². The van der Waals surface area contributed by atoms with Gasteiger partial charge < -0.3 is 23.9 Å². The molecule has 2 aromatic carbocycles. The lowest BCUT2D eigenvalue weighted by molar-refractivity contribution is 0.0727. The van der Waals surface area contributed by atoms with Crippen LogP contribution in [-0.4, -0.2) is 121 Å². The van der Waals surface area contributed by atoms with E-state index in [1.807, 2.05) is 18.6 Å². The Morgan fingerprint density at radius 2 is 1.80 bits per heavy atom. The molecule has 1 aromatic heterocycles. The van der Waals surface area contributed by atoms with Crippen LogP contribution in [-0.2, 0) is 27.9 Å². The molecule has 51 heavy (non-hydrogen) atoms. The van der Waals surface area contributed by atoms with Gasteiger partial charge in [0.25, 0.3) is 11.8 Å². The third kappa shape index (κ3) is 6.93. The van der Waals surface area contributed by atoms with E-state index in [4.69, 9.17) is 9.15 Å². The van der Waals surface area contributed by atoms with Crippen molar-refractivity contribution in [2.75, 3.05) is 83.9 Å². The van der Waals surface area contributed by atoms with E-state index in [1.54, 1.807) is 21.2 Å². The predicted octanol–water partition coefficient (Wildman–Crippen LogP) is 2.60. The number of likely N-dealkylation sites (N-methyl/N-ethyl adjacent to an activating group) is 1. The number of nitrogens with zero attached hydrogens (tertiary/aromatic N) is 5. The van der Waals surface area contributed by atoms with Gasteiger partial charge in [0.15, 0.2) is 0 Å². The highest BCUT2D eigenvalue weighted by Crippen LogP contribution is 2.36. The molecule has 2 amide bonds. The van der Waals surface area contributed by atoms with Crippen molar-refractivity contribution >= 4 is 44.4 Å². The van der Waals surface area contributed by atoms with Crippen LogP contribution in [0.25, 0.3) is 11.0 Å². The highest BCUT2D eigenvalue weighted by Gasteiger charge is 2.35. The quantitative estimate of drug-likeness (QED) is 0.345. The lowest BCUT2D eigenvalue weighted by atomic mass is 9.92. The molecular formula is C35H44F2N6O7S. The number of anilines is 2. The van der Waals surface area contributed by atoms with E-state index in [1.165, 1.54) is 15.9 Å². The zero-order chi connectivity index (χ0) is 36.9. The van der Waals surface area contributed by atoms with Gasteiger partial charge in [0, 0.05) is 77.1 Å². The van der Waals surface area contributed by atoms with Gasteiger partial charge in [-0.1, -0.05) is 0 Å². The molecule has 0 bridgehead atoms. The number of hydrogen-bond acceptors (Lipinski definition) is 10. The van der Waals surface area contributed by atoms with Crippen LogP contribution in [0.4, 0.5) is 20.2 Å². The molecule has 2 fully saturated rings. The summed E-state index contributed by atoms with van der Waals surface area (Å²) >= 11 is 0. The lowest BCUT2D eigenvalue weighted by Gasteiger charge is -2.41. The molecule has 3 aromatic rings. The van der Waals surface area contributed by atoms with Crippen molar-refractivity contribution in [3.63, 3.8) is 0 Å². The van der Waals surface area contributed by atoms with Crippen molar-refractivity contribution < 1.29 is 35.9 Å².